The molecule has 2 heterocycles. The summed E-state index contributed by atoms with van der Waals surface area (Å²) in [5, 5.41) is 16.1. The van der Waals surface area contributed by atoms with Gasteiger partial charge in [-0.3, -0.25) is 0 Å². The molecular weight excluding hydrogens is 308 g/mol. The summed E-state index contributed by atoms with van der Waals surface area (Å²) in [7, 11) is 0. The number of hydrogen-bond donors (Lipinski definition) is 3. The Balaban J connectivity index is 1.58. The van der Waals surface area contributed by atoms with Gasteiger partial charge in [-0.1, -0.05) is 12.1 Å². The van der Waals surface area contributed by atoms with Crippen LogP contribution in [-0.4, -0.2) is 42.1 Å². The van der Waals surface area contributed by atoms with E-state index in [0.29, 0.717) is 13.2 Å². The standard InChI is InChI=1S/C18H26N2O4/c1-18(2,3)24-17(22)19-7-6-11-4-5-13-12(8-11)16-9-14(20-13)15(21)10-23-16/h4-5,8,14-16,20-21H,6-7,9-10H2,1-3H3,(H,19,22)/t14?,15-,16-/m1/s1. The molecule has 0 saturated carbocycles. The summed E-state index contributed by atoms with van der Waals surface area (Å²) in [4.78, 5) is 11.7. The first-order chi connectivity index (χ1) is 11.3. The SMILES string of the molecule is CC(C)(C)OC(=O)NCCc1ccc2c(c1)[C@H]1CC(N2)[C@H](O)CO1. The van der Waals surface area contributed by atoms with Crippen LogP contribution in [0.25, 0.3) is 0 Å². The zero-order valence-electron chi connectivity index (χ0n) is 14.5. The molecule has 24 heavy (non-hydrogen) atoms. The highest BCUT2D eigenvalue weighted by Crippen LogP contribution is 2.39. The first-order valence-corrected chi connectivity index (χ1v) is 8.48. The summed E-state index contributed by atoms with van der Waals surface area (Å²) in [6.07, 6.45) is 0.703. The number of carbonyl (C=O) groups is 1. The molecule has 0 radical (unpaired) electrons. The Labute approximate surface area is 142 Å². The van der Waals surface area contributed by atoms with Gasteiger partial charge >= 0.3 is 6.09 Å². The monoisotopic (exact) mass is 334 g/mol. The van der Waals surface area contributed by atoms with Crippen molar-refractivity contribution in [3.8, 4) is 0 Å². The summed E-state index contributed by atoms with van der Waals surface area (Å²) < 4.78 is 11.0. The van der Waals surface area contributed by atoms with Crippen LogP contribution in [0.3, 0.4) is 0 Å². The number of fused-ring (bicyclic) bond motifs is 4. The highest BCUT2D eigenvalue weighted by Gasteiger charge is 2.36. The Bertz CT molecular complexity index is 612. The second kappa shape index (κ2) is 6.61. The molecule has 0 aliphatic carbocycles. The largest absolute Gasteiger partial charge is 0.444 e. The minimum atomic E-state index is -0.485. The molecule has 132 valence electrons. The van der Waals surface area contributed by atoms with Gasteiger partial charge in [0, 0.05) is 24.2 Å². The lowest BCUT2D eigenvalue weighted by Gasteiger charge is -2.40. The lowest BCUT2D eigenvalue weighted by atomic mass is 9.89. The third-order valence-corrected chi connectivity index (χ3v) is 4.29. The van der Waals surface area contributed by atoms with Crippen LogP contribution < -0.4 is 10.6 Å². The number of rotatable bonds is 3. The molecule has 3 atom stereocenters. The molecule has 3 rings (SSSR count). The second-order valence-corrected chi connectivity index (χ2v) is 7.48. The average Bonchev–Trinajstić information content (AvgIpc) is 2.49. The fourth-order valence-corrected chi connectivity index (χ4v) is 3.15. The van der Waals surface area contributed by atoms with Crippen molar-refractivity contribution in [1.29, 1.82) is 0 Å². The summed E-state index contributed by atoms with van der Waals surface area (Å²) in [5.74, 6) is 0. The fraction of sp³-hybridized carbons (Fsp3) is 0.611. The number of hydrogen-bond acceptors (Lipinski definition) is 5. The van der Waals surface area contributed by atoms with Gasteiger partial charge in [-0.05, 0) is 38.8 Å². The van der Waals surface area contributed by atoms with Crippen molar-refractivity contribution >= 4 is 11.8 Å². The summed E-state index contributed by atoms with van der Waals surface area (Å²) in [6.45, 7) is 6.42. The van der Waals surface area contributed by atoms with Gasteiger partial charge in [-0.25, -0.2) is 4.79 Å². The Morgan fingerprint density at radius 2 is 2.25 bits per heavy atom. The van der Waals surface area contributed by atoms with E-state index in [1.807, 2.05) is 32.9 Å². The number of benzene rings is 1. The zero-order valence-corrected chi connectivity index (χ0v) is 14.5. The number of alkyl carbamates (subject to hydrolysis) is 1. The number of carbonyl (C=O) groups excluding carboxylic acids is 1. The first kappa shape index (κ1) is 17.0. The smallest absolute Gasteiger partial charge is 0.407 e. The molecule has 6 nitrogen and oxygen atoms in total. The van der Waals surface area contributed by atoms with Crippen molar-refractivity contribution in [3.05, 3.63) is 29.3 Å². The van der Waals surface area contributed by atoms with Gasteiger partial charge in [0.25, 0.3) is 0 Å². The van der Waals surface area contributed by atoms with E-state index in [-0.39, 0.29) is 12.1 Å². The molecule has 3 N–H and O–H groups in total. The average molecular weight is 334 g/mol. The minimum absolute atomic E-state index is 0.0356. The number of ether oxygens (including phenoxy) is 2. The van der Waals surface area contributed by atoms with Crippen LogP contribution >= 0.6 is 0 Å². The van der Waals surface area contributed by atoms with Crippen molar-refractivity contribution < 1.29 is 19.4 Å². The van der Waals surface area contributed by atoms with Crippen molar-refractivity contribution in [3.63, 3.8) is 0 Å². The number of nitrogens with one attached hydrogen (secondary N) is 2. The maximum Gasteiger partial charge on any atom is 0.407 e. The van der Waals surface area contributed by atoms with E-state index in [2.05, 4.69) is 16.7 Å². The highest BCUT2D eigenvalue weighted by molar-refractivity contribution is 5.67. The van der Waals surface area contributed by atoms with E-state index in [1.54, 1.807) is 0 Å². The molecule has 0 aromatic heterocycles. The maximum absolute atomic E-state index is 11.7. The maximum atomic E-state index is 11.7. The summed E-state index contributed by atoms with van der Waals surface area (Å²) in [5.41, 5.74) is 2.81. The van der Waals surface area contributed by atoms with Crippen LogP contribution in [0.5, 0.6) is 0 Å². The third kappa shape index (κ3) is 3.99. The summed E-state index contributed by atoms with van der Waals surface area (Å²) >= 11 is 0. The number of amides is 1. The van der Waals surface area contributed by atoms with Gasteiger partial charge in [0.2, 0.25) is 0 Å². The van der Waals surface area contributed by atoms with Gasteiger partial charge in [0.15, 0.2) is 0 Å². The molecule has 1 unspecified atom stereocenters. The van der Waals surface area contributed by atoms with Gasteiger partial charge in [0.1, 0.15) is 5.60 Å². The van der Waals surface area contributed by atoms with Crippen LogP contribution in [0.4, 0.5) is 10.5 Å². The topological polar surface area (TPSA) is 79.8 Å². The Morgan fingerprint density at radius 1 is 1.46 bits per heavy atom. The van der Waals surface area contributed by atoms with E-state index in [9.17, 15) is 9.90 Å². The number of aliphatic hydroxyl groups excluding tert-OH is 1. The highest BCUT2D eigenvalue weighted by atomic mass is 16.6. The van der Waals surface area contributed by atoms with Crippen molar-refractivity contribution in [2.75, 3.05) is 18.5 Å². The van der Waals surface area contributed by atoms with Crippen molar-refractivity contribution in [1.82, 2.24) is 5.32 Å². The number of anilines is 1. The molecule has 1 fully saturated rings. The Kier molecular flexibility index (Phi) is 4.69. The van der Waals surface area contributed by atoms with Crippen LogP contribution in [-0.2, 0) is 15.9 Å². The molecule has 2 aliphatic rings. The Morgan fingerprint density at radius 3 is 3.00 bits per heavy atom. The van der Waals surface area contributed by atoms with Crippen molar-refractivity contribution in [2.45, 2.75) is 57.5 Å². The molecule has 1 aromatic rings. The molecule has 1 saturated heterocycles. The van der Waals surface area contributed by atoms with Crippen LogP contribution in [0, 0.1) is 0 Å². The number of aliphatic hydroxyl groups is 1. The van der Waals surface area contributed by atoms with Crippen molar-refractivity contribution in [2.24, 2.45) is 0 Å². The molecular formula is C18H26N2O4. The fourth-order valence-electron chi connectivity index (χ4n) is 3.15. The van der Waals surface area contributed by atoms with E-state index in [1.165, 1.54) is 0 Å². The summed E-state index contributed by atoms with van der Waals surface area (Å²) in [6, 6.07) is 6.25. The van der Waals surface area contributed by atoms with E-state index < -0.39 is 17.8 Å². The third-order valence-electron chi connectivity index (χ3n) is 4.29. The predicted octanol–water partition coefficient (Wildman–Crippen LogP) is 2.37. The van der Waals surface area contributed by atoms with Gasteiger partial charge in [-0.2, -0.15) is 0 Å². The molecule has 2 bridgehead atoms. The van der Waals surface area contributed by atoms with E-state index in [4.69, 9.17) is 9.47 Å². The molecule has 2 aliphatic heterocycles. The van der Waals surface area contributed by atoms with Gasteiger partial charge < -0.3 is 25.2 Å². The minimum Gasteiger partial charge on any atom is -0.444 e. The van der Waals surface area contributed by atoms with Crippen LogP contribution in [0.2, 0.25) is 0 Å². The molecule has 0 spiro atoms. The van der Waals surface area contributed by atoms with E-state index in [0.717, 1.165) is 29.7 Å². The molecule has 6 heteroatoms. The quantitative estimate of drug-likeness (QED) is 0.791. The zero-order chi connectivity index (χ0) is 17.3. The first-order valence-electron chi connectivity index (χ1n) is 8.48. The molecule has 1 amide bonds. The normalized spacial score (nSPS) is 25.4. The lowest BCUT2D eigenvalue weighted by Crippen LogP contribution is -2.46. The molecule has 1 aromatic carbocycles. The predicted molar refractivity (Wildman–Crippen MR) is 91.1 cm³/mol. The lowest BCUT2D eigenvalue weighted by molar-refractivity contribution is -0.0672. The Hall–Kier alpha value is -1.79. The van der Waals surface area contributed by atoms with Crippen LogP contribution in [0.15, 0.2) is 18.2 Å². The van der Waals surface area contributed by atoms with E-state index >= 15 is 0 Å². The van der Waals surface area contributed by atoms with Gasteiger partial charge in [-0.15, -0.1) is 0 Å². The van der Waals surface area contributed by atoms with Gasteiger partial charge in [0.05, 0.1) is 24.9 Å². The second-order valence-electron chi connectivity index (χ2n) is 7.48. The van der Waals surface area contributed by atoms with Crippen LogP contribution in [0.1, 0.15) is 44.4 Å².